The van der Waals surface area contributed by atoms with Crippen LogP contribution < -0.4 is 19.5 Å². The molecule has 1 heterocycles. The van der Waals surface area contributed by atoms with Crippen LogP contribution in [0.25, 0.3) is 0 Å². The number of hydrogen-bond donors (Lipinski definition) is 2. The van der Waals surface area contributed by atoms with E-state index < -0.39 is 15.9 Å². The molecule has 32 heavy (non-hydrogen) atoms. The summed E-state index contributed by atoms with van der Waals surface area (Å²) < 4.78 is 38.4. The van der Waals surface area contributed by atoms with E-state index in [-0.39, 0.29) is 29.2 Å². The monoisotopic (exact) mass is 474 g/mol. The van der Waals surface area contributed by atoms with Crippen LogP contribution >= 0.6 is 11.3 Å². The molecule has 2 N–H and O–H groups in total. The highest BCUT2D eigenvalue weighted by Gasteiger charge is 2.18. The third-order valence-electron chi connectivity index (χ3n) is 4.47. The number of carbonyl (C=O) groups excluding carboxylic acids is 2. The van der Waals surface area contributed by atoms with Crippen molar-refractivity contribution in [2.45, 2.75) is 17.7 Å². The first kappa shape index (κ1) is 23.3. The summed E-state index contributed by atoms with van der Waals surface area (Å²) in [5.74, 6) is 0.347. The Balaban J connectivity index is 1.72. The third-order valence-corrected chi connectivity index (χ3v) is 6.76. The molecule has 1 amide bonds. The number of amides is 1. The maximum atomic E-state index is 12.8. The smallest absolute Gasteiger partial charge is 0.261 e. The van der Waals surface area contributed by atoms with Crippen LogP contribution in [-0.2, 0) is 14.8 Å². The van der Waals surface area contributed by atoms with E-state index in [0.29, 0.717) is 22.1 Å². The van der Waals surface area contributed by atoms with E-state index in [1.807, 2.05) is 0 Å². The van der Waals surface area contributed by atoms with Gasteiger partial charge in [-0.15, -0.1) is 11.3 Å². The highest BCUT2D eigenvalue weighted by atomic mass is 32.2. The number of nitrogens with one attached hydrogen (secondary N) is 2. The van der Waals surface area contributed by atoms with Crippen LogP contribution in [-0.4, -0.2) is 34.3 Å². The van der Waals surface area contributed by atoms with Gasteiger partial charge in [0.1, 0.15) is 11.5 Å². The Hall–Kier alpha value is -3.37. The van der Waals surface area contributed by atoms with Crippen molar-refractivity contribution in [3.63, 3.8) is 0 Å². The fraction of sp³-hybridized carbons (Fsp3) is 0.182. The number of thiophene rings is 1. The average Bonchev–Trinajstić information content (AvgIpc) is 3.33. The first-order valence-electron chi connectivity index (χ1n) is 9.54. The van der Waals surface area contributed by atoms with E-state index in [0.717, 1.165) is 0 Å². The van der Waals surface area contributed by atoms with Gasteiger partial charge in [0.25, 0.3) is 10.0 Å². The lowest BCUT2D eigenvalue weighted by Gasteiger charge is -2.13. The molecule has 10 heteroatoms. The zero-order valence-corrected chi connectivity index (χ0v) is 19.1. The van der Waals surface area contributed by atoms with Crippen molar-refractivity contribution in [2.75, 3.05) is 24.3 Å². The molecular formula is C22H22N2O6S2. The molecule has 2 aromatic carbocycles. The Morgan fingerprint density at radius 3 is 2.34 bits per heavy atom. The van der Waals surface area contributed by atoms with Gasteiger partial charge in [-0.25, -0.2) is 8.42 Å². The molecule has 0 aliphatic rings. The molecule has 0 spiro atoms. The number of anilines is 2. The molecule has 0 saturated heterocycles. The summed E-state index contributed by atoms with van der Waals surface area (Å²) in [6, 6.07) is 14.0. The highest BCUT2D eigenvalue weighted by Crippen LogP contribution is 2.29. The SMILES string of the molecule is COc1ccc(NS(=O)(=O)c2ccc(OC)c(NC(=O)CCC(=O)c3cccs3)c2)cc1. The summed E-state index contributed by atoms with van der Waals surface area (Å²) >= 11 is 1.32. The van der Waals surface area contributed by atoms with Crippen molar-refractivity contribution in [1.29, 1.82) is 0 Å². The molecule has 0 bridgehead atoms. The van der Waals surface area contributed by atoms with Crippen molar-refractivity contribution in [3.8, 4) is 11.5 Å². The molecule has 0 unspecified atom stereocenters. The number of benzene rings is 2. The second-order valence-corrected chi connectivity index (χ2v) is 9.27. The van der Waals surface area contributed by atoms with Crippen molar-refractivity contribution >= 4 is 44.4 Å². The average molecular weight is 475 g/mol. The predicted molar refractivity (Wildman–Crippen MR) is 123 cm³/mol. The number of hydrogen-bond acceptors (Lipinski definition) is 7. The Labute approximate surface area is 190 Å². The van der Waals surface area contributed by atoms with Gasteiger partial charge >= 0.3 is 0 Å². The lowest BCUT2D eigenvalue weighted by molar-refractivity contribution is -0.116. The zero-order chi connectivity index (χ0) is 23.1. The third kappa shape index (κ3) is 5.86. The van der Waals surface area contributed by atoms with Crippen LogP contribution in [0.15, 0.2) is 64.9 Å². The highest BCUT2D eigenvalue weighted by molar-refractivity contribution is 7.92. The number of ketones is 1. The normalized spacial score (nSPS) is 10.9. The van der Waals surface area contributed by atoms with E-state index in [1.165, 1.54) is 43.8 Å². The number of rotatable bonds is 10. The maximum absolute atomic E-state index is 12.8. The standard InChI is InChI=1S/C22H22N2O6S2/c1-29-16-7-5-15(6-8-16)24-32(27,28)17-9-11-20(30-2)18(14-17)23-22(26)12-10-19(25)21-4-3-13-31-21/h3-9,11,13-14,24H,10,12H2,1-2H3,(H,23,26). The van der Waals surface area contributed by atoms with E-state index in [1.54, 1.807) is 41.8 Å². The Bertz CT molecular complexity index is 1190. The summed E-state index contributed by atoms with van der Waals surface area (Å²) in [5, 5.41) is 4.43. The summed E-state index contributed by atoms with van der Waals surface area (Å²) in [6.07, 6.45) is 0.00659. The van der Waals surface area contributed by atoms with Crippen molar-refractivity contribution in [3.05, 3.63) is 64.9 Å². The van der Waals surface area contributed by atoms with E-state index in [9.17, 15) is 18.0 Å². The molecule has 0 atom stereocenters. The van der Waals surface area contributed by atoms with Gasteiger partial charge in [-0.1, -0.05) is 6.07 Å². The summed E-state index contributed by atoms with van der Waals surface area (Å²) in [6.45, 7) is 0. The Kier molecular flexibility index (Phi) is 7.49. The number of carbonyl (C=O) groups is 2. The van der Waals surface area contributed by atoms with E-state index >= 15 is 0 Å². The quantitative estimate of drug-likeness (QED) is 0.427. The van der Waals surface area contributed by atoms with E-state index in [2.05, 4.69) is 10.0 Å². The lowest BCUT2D eigenvalue weighted by atomic mass is 10.2. The Morgan fingerprint density at radius 1 is 0.969 bits per heavy atom. The van der Waals surface area contributed by atoms with Crippen LogP contribution in [0.5, 0.6) is 11.5 Å². The first-order valence-corrected chi connectivity index (χ1v) is 11.9. The number of sulfonamides is 1. The second-order valence-electron chi connectivity index (χ2n) is 6.64. The molecule has 0 radical (unpaired) electrons. The molecule has 0 aliphatic carbocycles. The summed E-state index contributed by atoms with van der Waals surface area (Å²) in [5.41, 5.74) is 0.554. The van der Waals surface area contributed by atoms with Gasteiger partial charge in [-0.05, 0) is 53.9 Å². The minimum Gasteiger partial charge on any atom is -0.497 e. The van der Waals surface area contributed by atoms with Gasteiger partial charge in [0, 0.05) is 18.5 Å². The number of Topliss-reactive ketones (excluding diaryl/α,β-unsaturated/α-hetero) is 1. The summed E-state index contributed by atoms with van der Waals surface area (Å²) in [7, 11) is -0.992. The van der Waals surface area contributed by atoms with E-state index in [4.69, 9.17) is 9.47 Å². The zero-order valence-electron chi connectivity index (χ0n) is 17.5. The summed E-state index contributed by atoms with van der Waals surface area (Å²) in [4.78, 5) is 25.0. The molecule has 0 saturated carbocycles. The Morgan fingerprint density at radius 2 is 1.72 bits per heavy atom. The molecule has 168 valence electrons. The van der Waals surface area contributed by atoms with Crippen LogP contribution in [0.1, 0.15) is 22.5 Å². The minimum atomic E-state index is -3.92. The van der Waals surface area contributed by atoms with Crippen LogP contribution in [0.4, 0.5) is 11.4 Å². The number of methoxy groups -OCH3 is 2. The van der Waals surface area contributed by atoms with Crippen molar-refractivity contribution in [2.24, 2.45) is 0 Å². The molecule has 1 aromatic heterocycles. The first-order chi connectivity index (χ1) is 15.3. The van der Waals surface area contributed by atoms with Crippen LogP contribution in [0.2, 0.25) is 0 Å². The van der Waals surface area contributed by atoms with Gasteiger partial charge in [0.15, 0.2) is 5.78 Å². The van der Waals surface area contributed by atoms with Gasteiger partial charge in [-0.2, -0.15) is 0 Å². The van der Waals surface area contributed by atoms with Crippen LogP contribution in [0.3, 0.4) is 0 Å². The van der Waals surface area contributed by atoms with Gasteiger partial charge in [0.05, 0.1) is 29.7 Å². The molecule has 8 nitrogen and oxygen atoms in total. The van der Waals surface area contributed by atoms with Gasteiger partial charge in [-0.3, -0.25) is 14.3 Å². The maximum Gasteiger partial charge on any atom is 0.261 e. The fourth-order valence-electron chi connectivity index (χ4n) is 2.83. The largest absolute Gasteiger partial charge is 0.497 e. The van der Waals surface area contributed by atoms with Gasteiger partial charge in [0.2, 0.25) is 5.91 Å². The molecule has 3 rings (SSSR count). The van der Waals surface area contributed by atoms with Crippen molar-refractivity contribution < 1.29 is 27.5 Å². The lowest BCUT2D eigenvalue weighted by Crippen LogP contribution is -2.16. The van der Waals surface area contributed by atoms with Crippen LogP contribution in [0, 0.1) is 0 Å². The molecule has 0 fully saturated rings. The molecule has 3 aromatic rings. The molecule has 0 aliphatic heterocycles. The molecular weight excluding hydrogens is 452 g/mol. The minimum absolute atomic E-state index is 0.0407. The topological polar surface area (TPSA) is 111 Å². The second kappa shape index (κ2) is 10.3. The fourth-order valence-corrected chi connectivity index (χ4v) is 4.60. The van der Waals surface area contributed by atoms with Crippen molar-refractivity contribution in [1.82, 2.24) is 0 Å². The number of ether oxygens (including phenoxy) is 2. The van der Waals surface area contributed by atoms with Gasteiger partial charge < -0.3 is 14.8 Å². The predicted octanol–water partition coefficient (Wildman–Crippen LogP) is 4.17.